The summed E-state index contributed by atoms with van der Waals surface area (Å²) in [5.41, 5.74) is 0. The fraction of sp³-hybridized carbons (Fsp3) is 1.00. The van der Waals surface area contributed by atoms with Gasteiger partial charge in [-0.05, 0) is 31.8 Å². The number of unbranched alkanes of at least 4 members (excludes halogenated alkanes) is 1. The van der Waals surface area contributed by atoms with Gasteiger partial charge in [-0.25, -0.2) is 0 Å². The van der Waals surface area contributed by atoms with Gasteiger partial charge < -0.3 is 5.32 Å². The van der Waals surface area contributed by atoms with Crippen molar-refractivity contribution < 1.29 is 0 Å². The zero-order valence-electron chi connectivity index (χ0n) is 11.1. The van der Waals surface area contributed by atoms with E-state index in [2.05, 4.69) is 26.1 Å². The monoisotopic (exact) mass is 213 g/mol. The third-order valence-electron chi connectivity index (χ3n) is 3.04. The Morgan fingerprint density at radius 3 is 1.93 bits per heavy atom. The molecule has 0 unspecified atom stereocenters. The summed E-state index contributed by atoms with van der Waals surface area (Å²) >= 11 is 0. The Kier molecular flexibility index (Phi) is 12.0. The molecule has 0 aliphatic rings. The van der Waals surface area contributed by atoms with Crippen molar-refractivity contribution in [3.05, 3.63) is 0 Å². The molecule has 92 valence electrons. The first kappa shape index (κ1) is 15.0. The lowest BCUT2D eigenvalue weighted by Crippen LogP contribution is -2.16. The highest BCUT2D eigenvalue weighted by atomic mass is 14.8. The van der Waals surface area contributed by atoms with Gasteiger partial charge >= 0.3 is 0 Å². The molecular weight excluding hydrogens is 182 g/mol. The third-order valence-corrected chi connectivity index (χ3v) is 3.04. The van der Waals surface area contributed by atoms with Gasteiger partial charge in [0.05, 0.1) is 0 Å². The molecule has 0 saturated heterocycles. The Morgan fingerprint density at radius 1 is 0.733 bits per heavy atom. The molecule has 0 fully saturated rings. The standard InChI is InChI=1S/C14H31N/c1-4-9-14(10-5-2)11-7-8-13-15-12-6-3/h14-15H,4-13H2,1-3H3. The molecule has 0 atom stereocenters. The average molecular weight is 213 g/mol. The van der Waals surface area contributed by atoms with Crippen LogP contribution in [0.4, 0.5) is 0 Å². The Hall–Kier alpha value is -0.0400. The van der Waals surface area contributed by atoms with E-state index in [-0.39, 0.29) is 0 Å². The van der Waals surface area contributed by atoms with Crippen molar-refractivity contribution >= 4 is 0 Å². The first-order chi connectivity index (χ1) is 7.35. The van der Waals surface area contributed by atoms with Crippen molar-refractivity contribution in [3.63, 3.8) is 0 Å². The van der Waals surface area contributed by atoms with E-state index in [4.69, 9.17) is 0 Å². The summed E-state index contributed by atoms with van der Waals surface area (Å²) in [6.07, 6.45) is 11.1. The van der Waals surface area contributed by atoms with Crippen molar-refractivity contribution in [2.75, 3.05) is 13.1 Å². The third kappa shape index (κ3) is 10.2. The molecule has 0 heterocycles. The molecule has 0 aromatic rings. The van der Waals surface area contributed by atoms with E-state index >= 15 is 0 Å². The average Bonchev–Trinajstić information content (AvgIpc) is 2.24. The van der Waals surface area contributed by atoms with Gasteiger partial charge in [0.2, 0.25) is 0 Å². The lowest BCUT2D eigenvalue weighted by Gasteiger charge is -2.14. The summed E-state index contributed by atoms with van der Waals surface area (Å²) in [5.74, 6) is 1.01. The molecule has 1 nitrogen and oxygen atoms in total. The van der Waals surface area contributed by atoms with Gasteiger partial charge in [-0.1, -0.05) is 59.3 Å². The first-order valence-electron chi connectivity index (χ1n) is 7.05. The van der Waals surface area contributed by atoms with Gasteiger partial charge in [0.15, 0.2) is 0 Å². The van der Waals surface area contributed by atoms with E-state index in [1.54, 1.807) is 0 Å². The van der Waals surface area contributed by atoms with Crippen LogP contribution in [0.2, 0.25) is 0 Å². The minimum absolute atomic E-state index is 1.01. The van der Waals surface area contributed by atoms with Crippen LogP contribution in [-0.4, -0.2) is 13.1 Å². The minimum atomic E-state index is 1.01. The molecule has 0 aliphatic heterocycles. The minimum Gasteiger partial charge on any atom is -0.317 e. The Bertz CT molecular complexity index is 106. The Morgan fingerprint density at radius 2 is 1.40 bits per heavy atom. The molecule has 0 bridgehead atoms. The van der Waals surface area contributed by atoms with Crippen LogP contribution >= 0.6 is 0 Å². The molecule has 0 saturated carbocycles. The molecule has 0 rings (SSSR count). The van der Waals surface area contributed by atoms with E-state index in [9.17, 15) is 0 Å². The van der Waals surface area contributed by atoms with Crippen molar-refractivity contribution in [1.29, 1.82) is 0 Å². The van der Waals surface area contributed by atoms with Gasteiger partial charge in [0, 0.05) is 0 Å². The van der Waals surface area contributed by atoms with Crippen LogP contribution in [-0.2, 0) is 0 Å². The van der Waals surface area contributed by atoms with Crippen LogP contribution in [0.1, 0.15) is 72.1 Å². The number of hydrogen-bond acceptors (Lipinski definition) is 1. The summed E-state index contributed by atoms with van der Waals surface area (Å²) in [7, 11) is 0. The second-order valence-corrected chi connectivity index (χ2v) is 4.69. The zero-order valence-corrected chi connectivity index (χ0v) is 11.1. The van der Waals surface area contributed by atoms with Crippen LogP contribution in [0.15, 0.2) is 0 Å². The first-order valence-corrected chi connectivity index (χ1v) is 7.05. The molecule has 0 spiro atoms. The molecular formula is C14H31N. The van der Waals surface area contributed by atoms with E-state index in [0.717, 1.165) is 5.92 Å². The molecule has 0 aromatic heterocycles. The second kappa shape index (κ2) is 12.0. The molecule has 0 radical (unpaired) electrons. The predicted octanol–water partition coefficient (Wildman–Crippen LogP) is 4.37. The zero-order chi connectivity index (χ0) is 11.4. The topological polar surface area (TPSA) is 12.0 Å². The molecule has 15 heavy (non-hydrogen) atoms. The lowest BCUT2D eigenvalue weighted by molar-refractivity contribution is 0.393. The summed E-state index contributed by atoms with van der Waals surface area (Å²) in [6, 6.07) is 0. The molecule has 0 aliphatic carbocycles. The Balaban J connectivity index is 3.28. The fourth-order valence-electron chi connectivity index (χ4n) is 2.23. The van der Waals surface area contributed by atoms with Crippen molar-refractivity contribution in [2.45, 2.75) is 72.1 Å². The molecule has 1 N–H and O–H groups in total. The lowest BCUT2D eigenvalue weighted by atomic mass is 9.93. The van der Waals surface area contributed by atoms with Crippen LogP contribution in [0.5, 0.6) is 0 Å². The van der Waals surface area contributed by atoms with Crippen molar-refractivity contribution in [2.24, 2.45) is 5.92 Å². The summed E-state index contributed by atoms with van der Waals surface area (Å²) in [5, 5.41) is 3.47. The van der Waals surface area contributed by atoms with Gasteiger partial charge in [-0.15, -0.1) is 0 Å². The number of nitrogens with one attached hydrogen (secondary N) is 1. The van der Waals surface area contributed by atoms with Crippen LogP contribution in [0.3, 0.4) is 0 Å². The quantitative estimate of drug-likeness (QED) is 0.502. The summed E-state index contributed by atoms with van der Waals surface area (Å²) < 4.78 is 0. The maximum absolute atomic E-state index is 3.47. The van der Waals surface area contributed by atoms with Crippen LogP contribution < -0.4 is 5.32 Å². The molecule has 0 amide bonds. The smallest absolute Gasteiger partial charge is 0.00489 e. The summed E-state index contributed by atoms with van der Waals surface area (Å²) in [4.78, 5) is 0. The van der Waals surface area contributed by atoms with E-state index in [1.807, 2.05) is 0 Å². The second-order valence-electron chi connectivity index (χ2n) is 4.69. The van der Waals surface area contributed by atoms with Crippen molar-refractivity contribution in [3.8, 4) is 0 Å². The molecule has 0 aromatic carbocycles. The normalized spacial score (nSPS) is 11.2. The maximum atomic E-state index is 3.47. The number of hydrogen-bond donors (Lipinski definition) is 1. The van der Waals surface area contributed by atoms with E-state index in [1.165, 1.54) is 64.5 Å². The van der Waals surface area contributed by atoms with Gasteiger partial charge in [0.25, 0.3) is 0 Å². The Labute approximate surface area is 97.0 Å². The predicted molar refractivity (Wildman–Crippen MR) is 70.3 cm³/mol. The summed E-state index contributed by atoms with van der Waals surface area (Å²) in [6.45, 7) is 9.26. The fourth-order valence-corrected chi connectivity index (χ4v) is 2.23. The highest BCUT2D eigenvalue weighted by Crippen LogP contribution is 2.19. The highest BCUT2D eigenvalue weighted by Gasteiger charge is 2.05. The highest BCUT2D eigenvalue weighted by molar-refractivity contribution is 4.59. The largest absolute Gasteiger partial charge is 0.317 e. The van der Waals surface area contributed by atoms with Gasteiger partial charge in [-0.2, -0.15) is 0 Å². The number of rotatable bonds is 11. The van der Waals surface area contributed by atoms with E-state index < -0.39 is 0 Å². The maximum Gasteiger partial charge on any atom is -0.00489 e. The van der Waals surface area contributed by atoms with Gasteiger partial charge in [0.1, 0.15) is 0 Å². The van der Waals surface area contributed by atoms with Crippen LogP contribution in [0.25, 0.3) is 0 Å². The van der Waals surface area contributed by atoms with Crippen molar-refractivity contribution in [1.82, 2.24) is 5.32 Å². The molecule has 1 heteroatoms. The van der Waals surface area contributed by atoms with E-state index in [0.29, 0.717) is 0 Å². The van der Waals surface area contributed by atoms with Crippen LogP contribution in [0, 0.1) is 5.92 Å². The van der Waals surface area contributed by atoms with Gasteiger partial charge in [-0.3, -0.25) is 0 Å². The SMILES string of the molecule is CCCNCCCCC(CCC)CCC.